The highest BCUT2D eigenvalue weighted by molar-refractivity contribution is 6.46. The normalized spacial score (nSPS) is 16.5. The van der Waals surface area contributed by atoms with Crippen molar-refractivity contribution in [3.05, 3.63) is 120 Å². The predicted octanol–water partition coefficient (Wildman–Crippen LogP) is 5.14. The summed E-state index contributed by atoms with van der Waals surface area (Å²) >= 11 is 0. The van der Waals surface area contributed by atoms with Gasteiger partial charge >= 0.3 is 0 Å². The van der Waals surface area contributed by atoms with Crippen LogP contribution in [0, 0.1) is 6.92 Å². The van der Waals surface area contributed by atoms with E-state index < -0.39 is 17.7 Å². The molecule has 37 heavy (non-hydrogen) atoms. The Bertz CT molecular complexity index is 1350. The maximum Gasteiger partial charge on any atom is 0.295 e. The van der Waals surface area contributed by atoms with Crippen molar-refractivity contribution in [2.24, 2.45) is 0 Å². The van der Waals surface area contributed by atoms with E-state index in [1.807, 2.05) is 13.0 Å². The van der Waals surface area contributed by atoms with Crippen molar-refractivity contribution >= 4 is 17.4 Å². The smallest absolute Gasteiger partial charge is 0.295 e. The number of carbonyl (C=O) groups excluding carboxylic acids is 2. The van der Waals surface area contributed by atoms with Gasteiger partial charge in [-0.25, -0.2) is 0 Å². The minimum Gasteiger partial charge on any atom is -0.507 e. The van der Waals surface area contributed by atoms with Crippen LogP contribution in [0.15, 0.2) is 97.9 Å². The number of aromatic nitrogens is 1. The summed E-state index contributed by atoms with van der Waals surface area (Å²) in [6, 6.07) is 15.1. The molecule has 0 aliphatic carbocycles. The number of ether oxygens (including phenoxy) is 2. The highest BCUT2D eigenvalue weighted by Gasteiger charge is 2.46. The lowest BCUT2D eigenvalue weighted by molar-refractivity contribution is -0.140. The van der Waals surface area contributed by atoms with Gasteiger partial charge in [0.15, 0.2) is 0 Å². The first kappa shape index (κ1) is 25.4. The van der Waals surface area contributed by atoms with E-state index in [0.717, 1.165) is 5.56 Å². The minimum absolute atomic E-state index is 0.0245. The van der Waals surface area contributed by atoms with Crippen LogP contribution in [-0.2, 0) is 16.1 Å². The summed E-state index contributed by atoms with van der Waals surface area (Å²) in [6.07, 6.45) is 6.57. The number of aliphatic hydroxyl groups excluding tert-OH is 1. The molecule has 2 aromatic carbocycles. The van der Waals surface area contributed by atoms with Crippen LogP contribution in [0.25, 0.3) is 5.76 Å². The van der Waals surface area contributed by atoms with Gasteiger partial charge in [0.05, 0.1) is 11.6 Å². The summed E-state index contributed by atoms with van der Waals surface area (Å²) in [4.78, 5) is 32.2. The van der Waals surface area contributed by atoms with E-state index in [-0.39, 0.29) is 17.9 Å². The van der Waals surface area contributed by atoms with Gasteiger partial charge in [-0.05, 0) is 60.0 Å². The zero-order valence-corrected chi connectivity index (χ0v) is 20.6. The van der Waals surface area contributed by atoms with Crippen LogP contribution in [-0.4, -0.2) is 39.9 Å². The Hall–Kier alpha value is -4.65. The number of ketones is 1. The Labute approximate surface area is 216 Å². The Kier molecular flexibility index (Phi) is 7.83. The summed E-state index contributed by atoms with van der Waals surface area (Å²) in [5.41, 5.74) is 2.60. The van der Waals surface area contributed by atoms with Crippen molar-refractivity contribution in [3.8, 4) is 11.5 Å². The van der Waals surface area contributed by atoms with Crippen LogP contribution in [0.2, 0.25) is 0 Å². The monoisotopic (exact) mass is 496 g/mol. The lowest BCUT2D eigenvalue weighted by atomic mass is 9.93. The molecule has 2 heterocycles. The molecule has 1 aliphatic rings. The summed E-state index contributed by atoms with van der Waals surface area (Å²) in [5, 5.41) is 11.4. The second kappa shape index (κ2) is 11.4. The molecule has 0 spiro atoms. The fraction of sp³-hybridized carbons (Fsp3) is 0.167. The summed E-state index contributed by atoms with van der Waals surface area (Å²) in [6.45, 7) is 9.95. The zero-order valence-electron chi connectivity index (χ0n) is 20.6. The molecule has 1 aromatic heterocycles. The van der Waals surface area contributed by atoms with Crippen LogP contribution in [0.1, 0.15) is 28.3 Å². The molecule has 1 atom stereocenters. The number of Topliss-reactive ketones (excluding diaryl/α,β-unsaturated/α-hetero) is 1. The average molecular weight is 497 g/mol. The van der Waals surface area contributed by atoms with E-state index in [9.17, 15) is 14.7 Å². The number of hydrogen-bond acceptors (Lipinski definition) is 6. The Morgan fingerprint density at radius 2 is 1.70 bits per heavy atom. The molecule has 7 heteroatoms. The van der Waals surface area contributed by atoms with Crippen molar-refractivity contribution in [2.75, 3.05) is 13.2 Å². The van der Waals surface area contributed by atoms with Crippen LogP contribution >= 0.6 is 0 Å². The van der Waals surface area contributed by atoms with Gasteiger partial charge in [0.2, 0.25) is 0 Å². The predicted molar refractivity (Wildman–Crippen MR) is 141 cm³/mol. The van der Waals surface area contributed by atoms with E-state index in [2.05, 4.69) is 18.1 Å². The molecule has 0 radical (unpaired) electrons. The number of nitrogens with zero attached hydrogens (tertiary/aromatic N) is 2. The van der Waals surface area contributed by atoms with Crippen molar-refractivity contribution in [2.45, 2.75) is 19.5 Å². The third-order valence-corrected chi connectivity index (χ3v) is 6.00. The molecule has 1 unspecified atom stereocenters. The van der Waals surface area contributed by atoms with Gasteiger partial charge in [-0.2, -0.15) is 0 Å². The number of likely N-dealkylation sites (tertiary alicyclic amines) is 1. The summed E-state index contributed by atoms with van der Waals surface area (Å²) in [7, 11) is 0. The van der Waals surface area contributed by atoms with Gasteiger partial charge in [0.1, 0.15) is 30.5 Å². The number of aryl methyl sites for hydroxylation is 1. The number of rotatable bonds is 10. The fourth-order valence-corrected chi connectivity index (χ4v) is 4.27. The maximum atomic E-state index is 13.3. The molecular formula is C30H28N2O5. The first-order valence-electron chi connectivity index (χ1n) is 11.8. The largest absolute Gasteiger partial charge is 0.507 e. The molecule has 0 bridgehead atoms. The maximum absolute atomic E-state index is 13.3. The molecule has 1 fully saturated rings. The SMILES string of the molecule is C=CCOc1ccc(C2/C(=C(\O)c3ccc(OCC=C)cc3C)C(=O)C(=O)N2Cc2cccnc2)cc1. The van der Waals surface area contributed by atoms with Gasteiger partial charge in [-0.3, -0.25) is 14.6 Å². The van der Waals surface area contributed by atoms with Gasteiger partial charge in [0, 0.05) is 24.5 Å². The second-order valence-electron chi connectivity index (χ2n) is 8.53. The highest BCUT2D eigenvalue weighted by Crippen LogP contribution is 2.41. The van der Waals surface area contributed by atoms with Crippen LogP contribution in [0.4, 0.5) is 0 Å². The van der Waals surface area contributed by atoms with Crippen molar-refractivity contribution in [3.63, 3.8) is 0 Å². The van der Waals surface area contributed by atoms with Crippen molar-refractivity contribution in [1.82, 2.24) is 9.88 Å². The zero-order chi connectivity index (χ0) is 26.4. The molecule has 1 saturated heterocycles. The molecular weight excluding hydrogens is 468 g/mol. The number of benzene rings is 2. The first-order chi connectivity index (χ1) is 17.9. The number of hydrogen-bond donors (Lipinski definition) is 1. The van der Waals surface area contributed by atoms with E-state index in [4.69, 9.17) is 9.47 Å². The third kappa shape index (κ3) is 5.46. The Balaban J connectivity index is 1.80. The standard InChI is InChI=1S/C30H28N2O5/c1-4-15-36-23-10-8-22(9-11-23)27-26(28(33)25-13-12-24(17-20(25)3)37-16-5-2)29(34)30(35)32(27)19-21-7-6-14-31-18-21/h4-14,17-18,27,33H,1-2,15-16,19H2,3H3/b28-26+. The van der Waals surface area contributed by atoms with E-state index in [1.54, 1.807) is 73.1 Å². The first-order valence-corrected chi connectivity index (χ1v) is 11.8. The van der Waals surface area contributed by atoms with Crippen molar-refractivity contribution < 1.29 is 24.2 Å². The average Bonchev–Trinajstić information content (AvgIpc) is 3.16. The molecule has 7 nitrogen and oxygen atoms in total. The van der Waals surface area contributed by atoms with Crippen molar-refractivity contribution in [1.29, 1.82) is 0 Å². The number of carbonyl (C=O) groups is 2. The van der Waals surface area contributed by atoms with Gasteiger partial charge in [-0.1, -0.05) is 43.5 Å². The fourth-order valence-electron chi connectivity index (χ4n) is 4.27. The Morgan fingerprint density at radius 3 is 2.32 bits per heavy atom. The van der Waals surface area contributed by atoms with Gasteiger partial charge in [0.25, 0.3) is 11.7 Å². The number of aliphatic hydroxyl groups is 1. The lowest BCUT2D eigenvalue weighted by Gasteiger charge is -2.25. The molecule has 188 valence electrons. The summed E-state index contributed by atoms with van der Waals surface area (Å²) < 4.78 is 11.2. The van der Waals surface area contributed by atoms with Crippen LogP contribution in [0.3, 0.4) is 0 Å². The topological polar surface area (TPSA) is 89.0 Å². The molecule has 0 saturated carbocycles. The highest BCUT2D eigenvalue weighted by atomic mass is 16.5. The molecule has 1 N–H and O–H groups in total. The lowest BCUT2D eigenvalue weighted by Crippen LogP contribution is -2.29. The summed E-state index contributed by atoms with van der Waals surface area (Å²) in [5.74, 6) is -0.441. The van der Waals surface area contributed by atoms with Gasteiger partial charge in [-0.15, -0.1) is 0 Å². The van der Waals surface area contributed by atoms with Crippen LogP contribution in [0.5, 0.6) is 11.5 Å². The minimum atomic E-state index is -0.801. The molecule has 3 aromatic rings. The molecule has 1 aliphatic heterocycles. The van der Waals surface area contributed by atoms with Crippen LogP contribution < -0.4 is 9.47 Å². The van der Waals surface area contributed by atoms with Gasteiger partial charge < -0.3 is 19.5 Å². The second-order valence-corrected chi connectivity index (χ2v) is 8.53. The third-order valence-electron chi connectivity index (χ3n) is 6.00. The Morgan fingerprint density at radius 1 is 1.03 bits per heavy atom. The number of pyridine rings is 1. The molecule has 4 rings (SSSR count). The van der Waals surface area contributed by atoms with E-state index in [0.29, 0.717) is 41.4 Å². The number of amides is 1. The quantitative estimate of drug-likeness (QED) is 0.181. The van der Waals surface area contributed by atoms with E-state index >= 15 is 0 Å². The molecule has 1 amide bonds. The van der Waals surface area contributed by atoms with E-state index in [1.165, 1.54) is 4.90 Å².